The molecule has 0 radical (unpaired) electrons. The second-order valence-electron chi connectivity index (χ2n) is 3.61. The van der Waals surface area contributed by atoms with Crippen molar-refractivity contribution in [2.45, 2.75) is 25.4 Å². The number of rotatable bonds is 1. The van der Waals surface area contributed by atoms with Crippen LogP contribution in [-0.4, -0.2) is 11.2 Å². The molecular formula is C12H14O. The molecule has 0 aliphatic heterocycles. The minimum atomic E-state index is -0.221. The Hall–Kier alpha value is -1.08. The lowest BCUT2D eigenvalue weighted by Crippen LogP contribution is -2.12. The Morgan fingerprint density at radius 3 is 2.69 bits per heavy atom. The van der Waals surface area contributed by atoms with Crippen LogP contribution in [0.3, 0.4) is 0 Å². The van der Waals surface area contributed by atoms with Gasteiger partial charge in [0.05, 0.1) is 6.10 Å². The molecule has 0 saturated carbocycles. The van der Waals surface area contributed by atoms with Gasteiger partial charge < -0.3 is 5.11 Å². The summed E-state index contributed by atoms with van der Waals surface area (Å²) in [7, 11) is 0. The predicted octanol–water partition coefficient (Wildman–Crippen LogP) is 2.40. The zero-order valence-corrected chi connectivity index (χ0v) is 7.77. The average Bonchev–Trinajstić information content (AvgIpc) is 2.52. The van der Waals surface area contributed by atoms with Crippen LogP contribution in [0.15, 0.2) is 36.4 Å². The van der Waals surface area contributed by atoms with Crippen molar-refractivity contribution in [3.8, 4) is 0 Å². The van der Waals surface area contributed by atoms with E-state index in [1.54, 1.807) is 0 Å². The molecule has 1 heteroatoms. The summed E-state index contributed by atoms with van der Waals surface area (Å²) in [5.41, 5.74) is 2.52. The second kappa shape index (κ2) is 3.35. The molecule has 1 aromatic rings. The van der Waals surface area contributed by atoms with Crippen molar-refractivity contribution < 1.29 is 5.11 Å². The lowest BCUT2D eigenvalue weighted by atomic mass is 9.93. The van der Waals surface area contributed by atoms with Gasteiger partial charge in [0.25, 0.3) is 0 Å². The molecule has 1 aliphatic carbocycles. The molecule has 0 unspecified atom stereocenters. The molecule has 0 bridgehead atoms. The van der Waals surface area contributed by atoms with Gasteiger partial charge in [-0.15, -0.1) is 0 Å². The minimum absolute atomic E-state index is 0.209. The van der Waals surface area contributed by atoms with Crippen molar-refractivity contribution in [2.24, 2.45) is 0 Å². The van der Waals surface area contributed by atoms with Crippen LogP contribution in [0.25, 0.3) is 0 Å². The Kier molecular flexibility index (Phi) is 2.19. The van der Waals surface area contributed by atoms with Crippen molar-refractivity contribution in [3.05, 3.63) is 47.5 Å². The molecule has 0 spiro atoms. The van der Waals surface area contributed by atoms with Crippen LogP contribution in [0.1, 0.15) is 23.5 Å². The Balaban J connectivity index is 2.35. The van der Waals surface area contributed by atoms with Gasteiger partial charge in [0, 0.05) is 5.92 Å². The first kappa shape index (κ1) is 8.52. The summed E-state index contributed by atoms with van der Waals surface area (Å²) in [6, 6.07) is 8.25. The highest BCUT2D eigenvalue weighted by atomic mass is 16.3. The monoisotopic (exact) mass is 174 g/mol. The maximum absolute atomic E-state index is 9.70. The Morgan fingerprint density at radius 2 is 2.08 bits per heavy atom. The molecule has 0 heterocycles. The molecule has 0 saturated heterocycles. The minimum Gasteiger partial charge on any atom is -0.392 e. The molecule has 13 heavy (non-hydrogen) atoms. The normalized spacial score (nSPS) is 26.6. The van der Waals surface area contributed by atoms with E-state index in [-0.39, 0.29) is 12.0 Å². The van der Waals surface area contributed by atoms with Gasteiger partial charge >= 0.3 is 0 Å². The average molecular weight is 174 g/mol. The molecule has 2 atom stereocenters. The first-order valence-electron chi connectivity index (χ1n) is 4.69. The number of aliphatic hydroxyl groups is 1. The van der Waals surface area contributed by atoms with E-state index in [1.807, 2.05) is 12.1 Å². The summed E-state index contributed by atoms with van der Waals surface area (Å²) in [4.78, 5) is 0. The fourth-order valence-electron chi connectivity index (χ4n) is 1.91. The van der Waals surface area contributed by atoms with Gasteiger partial charge in [-0.05, 0) is 24.5 Å². The molecule has 0 amide bonds. The summed E-state index contributed by atoms with van der Waals surface area (Å²) < 4.78 is 0. The summed E-state index contributed by atoms with van der Waals surface area (Å²) in [5, 5.41) is 9.70. The SMILES string of the molecule is Cc1ccccc1[C@H]1C=CC[C@@H]1O. The van der Waals surface area contributed by atoms with Crippen LogP contribution in [0, 0.1) is 6.92 Å². The molecule has 1 aliphatic rings. The lowest BCUT2D eigenvalue weighted by molar-refractivity contribution is 0.171. The molecule has 1 N–H and O–H groups in total. The van der Waals surface area contributed by atoms with Gasteiger partial charge in [-0.1, -0.05) is 36.4 Å². The van der Waals surface area contributed by atoms with Gasteiger partial charge in [-0.3, -0.25) is 0 Å². The van der Waals surface area contributed by atoms with Crippen LogP contribution < -0.4 is 0 Å². The standard InChI is InChI=1S/C12H14O/c1-9-5-2-3-6-10(9)11-7-4-8-12(11)13/h2-7,11-13H,8H2,1H3/t11-,12+/m1/s1. The van der Waals surface area contributed by atoms with Gasteiger partial charge in [0.15, 0.2) is 0 Å². The number of benzene rings is 1. The van der Waals surface area contributed by atoms with Gasteiger partial charge in [-0.25, -0.2) is 0 Å². The third-order valence-electron chi connectivity index (χ3n) is 2.68. The molecule has 0 fully saturated rings. The lowest BCUT2D eigenvalue weighted by Gasteiger charge is -2.16. The summed E-state index contributed by atoms with van der Waals surface area (Å²) in [6.45, 7) is 2.09. The van der Waals surface area contributed by atoms with Crippen molar-refractivity contribution in [2.75, 3.05) is 0 Å². The third-order valence-corrected chi connectivity index (χ3v) is 2.68. The Labute approximate surface area is 78.7 Å². The van der Waals surface area contributed by atoms with Crippen LogP contribution in [-0.2, 0) is 0 Å². The number of hydrogen-bond donors (Lipinski definition) is 1. The molecule has 2 rings (SSSR count). The van der Waals surface area contributed by atoms with E-state index >= 15 is 0 Å². The second-order valence-corrected chi connectivity index (χ2v) is 3.61. The number of hydrogen-bond acceptors (Lipinski definition) is 1. The Bertz CT molecular complexity index is 328. The van der Waals surface area contributed by atoms with Crippen LogP contribution in [0.4, 0.5) is 0 Å². The van der Waals surface area contributed by atoms with Crippen molar-refractivity contribution >= 4 is 0 Å². The third kappa shape index (κ3) is 1.52. The first-order valence-corrected chi connectivity index (χ1v) is 4.69. The predicted molar refractivity (Wildman–Crippen MR) is 53.7 cm³/mol. The molecule has 0 aromatic heterocycles. The first-order chi connectivity index (χ1) is 6.29. The van der Waals surface area contributed by atoms with E-state index in [9.17, 15) is 5.11 Å². The van der Waals surface area contributed by atoms with E-state index in [0.29, 0.717) is 0 Å². The number of aliphatic hydroxyl groups excluding tert-OH is 1. The summed E-state index contributed by atoms with van der Waals surface area (Å²) >= 11 is 0. The van der Waals surface area contributed by atoms with Crippen molar-refractivity contribution in [1.29, 1.82) is 0 Å². The quantitative estimate of drug-likeness (QED) is 0.648. The Morgan fingerprint density at radius 1 is 1.31 bits per heavy atom. The van der Waals surface area contributed by atoms with Crippen LogP contribution in [0.2, 0.25) is 0 Å². The van der Waals surface area contributed by atoms with E-state index in [0.717, 1.165) is 6.42 Å². The van der Waals surface area contributed by atoms with Crippen molar-refractivity contribution in [3.63, 3.8) is 0 Å². The van der Waals surface area contributed by atoms with E-state index in [2.05, 4.69) is 31.2 Å². The van der Waals surface area contributed by atoms with E-state index in [1.165, 1.54) is 11.1 Å². The van der Waals surface area contributed by atoms with Crippen molar-refractivity contribution in [1.82, 2.24) is 0 Å². The van der Waals surface area contributed by atoms with Crippen LogP contribution in [0.5, 0.6) is 0 Å². The largest absolute Gasteiger partial charge is 0.392 e. The maximum atomic E-state index is 9.70. The fraction of sp³-hybridized carbons (Fsp3) is 0.333. The highest BCUT2D eigenvalue weighted by molar-refractivity contribution is 5.34. The molecule has 68 valence electrons. The summed E-state index contributed by atoms with van der Waals surface area (Å²) in [5.74, 6) is 0.209. The smallest absolute Gasteiger partial charge is 0.0677 e. The fourth-order valence-corrected chi connectivity index (χ4v) is 1.91. The molecule has 1 aromatic carbocycles. The summed E-state index contributed by atoms with van der Waals surface area (Å²) in [6.07, 6.45) is 4.73. The van der Waals surface area contributed by atoms with Gasteiger partial charge in [0.2, 0.25) is 0 Å². The highest BCUT2D eigenvalue weighted by Gasteiger charge is 2.22. The maximum Gasteiger partial charge on any atom is 0.0677 e. The van der Waals surface area contributed by atoms with E-state index in [4.69, 9.17) is 0 Å². The van der Waals surface area contributed by atoms with E-state index < -0.39 is 0 Å². The van der Waals surface area contributed by atoms with Gasteiger partial charge in [-0.2, -0.15) is 0 Å². The highest BCUT2D eigenvalue weighted by Crippen LogP contribution is 2.30. The zero-order valence-electron chi connectivity index (χ0n) is 7.77. The topological polar surface area (TPSA) is 20.2 Å². The van der Waals surface area contributed by atoms with Crippen LogP contribution >= 0.6 is 0 Å². The zero-order chi connectivity index (χ0) is 9.26. The van der Waals surface area contributed by atoms with Gasteiger partial charge in [0.1, 0.15) is 0 Å². The number of aryl methyl sites for hydroxylation is 1. The molecule has 1 nitrogen and oxygen atoms in total. The molecular weight excluding hydrogens is 160 g/mol.